The number of amides is 2. The number of carbonyl (C=O) groups excluding carboxylic acids is 2. The number of nitrogens with one attached hydrogen (secondary N) is 1. The molecule has 1 N–H and O–H groups in total. The van der Waals surface area contributed by atoms with Crippen molar-refractivity contribution in [3.05, 3.63) is 29.3 Å². The Hall–Kier alpha value is -1.92. The number of anilines is 1. The highest BCUT2D eigenvalue weighted by atomic mass is 16.5. The van der Waals surface area contributed by atoms with E-state index in [0.29, 0.717) is 26.3 Å². The first-order valence-electron chi connectivity index (χ1n) is 7.87. The number of nitrogens with zero attached hydrogens (tertiary/aromatic N) is 2. The van der Waals surface area contributed by atoms with Crippen molar-refractivity contribution in [2.75, 3.05) is 51.8 Å². The zero-order valence-corrected chi connectivity index (χ0v) is 14.1. The van der Waals surface area contributed by atoms with Crippen LogP contribution in [0.5, 0.6) is 0 Å². The number of carbonyl (C=O) groups is 2. The molecule has 1 aromatic rings. The van der Waals surface area contributed by atoms with Crippen LogP contribution >= 0.6 is 0 Å². The van der Waals surface area contributed by atoms with Gasteiger partial charge in [0.25, 0.3) is 0 Å². The fourth-order valence-electron chi connectivity index (χ4n) is 2.59. The summed E-state index contributed by atoms with van der Waals surface area (Å²) in [5.74, 6) is -0.0793. The summed E-state index contributed by atoms with van der Waals surface area (Å²) < 4.78 is 5.23. The summed E-state index contributed by atoms with van der Waals surface area (Å²) in [6.45, 7) is 6.83. The van der Waals surface area contributed by atoms with E-state index in [1.54, 1.807) is 16.8 Å². The minimum absolute atomic E-state index is 0.0371. The van der Waals surface area contributed by atoms with E-state index in [0.717, 1.165) is 16.8 Å². The van der Waals surface area contributed by atoms with Crippen LogP contribution in [-0.4, -0.2) is 68.1 Å². The van der Waals surface area contributed by atoms with Gasteiger partial charge in [0.05, 0.1) is 26.3 Å². The Kier molecular flexibility index (Phi) is 6.12. The lowest BCUT2D eigenvalue weighted by Gasteiger charge is -2.28. The summed E-state index contributed by atoms with van der Waals surface area (Å²) in [5, 5.41) is 2.90. The van der Waals surface area contributed by atoms with Crippen LogP contribution in [0.2, 0.25) is 0 Å². The van der Waals surface area contributed by atoms with Gasteiger partial charge in [0.2, 0.25) is 11.8 Å². The molecule has 1 aliphatic rings. The summed E-state index contributed by atoms with van der Waals surface area (Å²) in [6, 6.07) is 5.90. The third kappa shape index (κ3) is 5.33. The summed E-state index contributed by atoms with van der Waals surface area (Å²) >= 11 is 0. The minimum atomic E-state index is -0.116. The SMILES string of the molecule is Cc1ccc(NC(=O)CN(C)CC(=O)N2CCOCC2)c(C)c1. The second-order valence-electron chi connectivity index (χ2n) is 6.03. The van der Waals surface area contributed by atoms with E-state index in [-0.39, 0.29) is 24.9 Å². The summed E-state index contributed by atoms with van der Waals surface area (Å²) in [7, 11) is 1.78. The Morgan fingerprint density at radius 3 is 2.57 bits per heavy atom. The van der Waals surface area contributed by atoms with E-state index in [1.807, 2.05) is 32.0 Å². The molecular weight excluding hydrogens is 294 g/mol. The van der Waals surface area contributed by atoms with E-state index in [1.165, 1.54) is 0 Å². The molecule has 0 spiro atoms. The van der Waals surface area contributed by atoms with Gasteiger partial charge in [-0.3, -0.25) is 14.5 Å². The lowest BCUT2D eigenvalue weighted by atomic mass is 10.1. The topological polar surface area (TPSA) is 61.9 Å². The van der Waals surface area contributed by atoms with Gasteiger partial charge in [-0.1, -0.05) is 17.7 Å². The van der Waals surface area contributed by atoms with Crippen LogP contribution in [0.25, 0.3) is 0 Å². The molecule has 2 rings (SSSR count). The Bertz CT molecular complexity index is 568. The van der Waals surface area contributed by atoms with E-state index in [9.17, 15) is 9.59 Å². The zero-order chi connectivity index (χ0) is 16.8. The number of ether oxygens (including phenoxy) is 1. The fraction of sp³-hybridized carbons (Fsp3) is 0.529. The number of rotatable bonds is 5. The smallest absolute Gasteiger partial charge is 0.238 e. The first-order valence-corrected chi connectivity index (χ1v) is 7.87. The molecule has 23 heavy (non-hydrogen) atoms. The zero-order valence-electron chi connectivity index (χ0n) is 14.1. The van der Waals surface area contributed by atoms with Gasteiger partial charge in [-0.25, -0.2) is 0 Å². The van der Waals surface area contributed by atoms with Gasteiger partial charge in [-0.2, -0.15) is 0 Å². The van der Waals surface area contributed by atoms with Gasteiger partial charge >= 0.3 is 0 Å². The van der Waals surface area contributed by atoms with Gasteiger partial charge in [-0.15, -0.1) is 0 Å². The van der Waals surface area contributed by atoms with Crippen molar-refractivity contribution in [2.45, 2.75) is 13.8 Å². The maximum absolute atomic E-state index is 12.1. The van der Waals surface area contributed by atoms with Crippen LogP contribution in [0, 0.1) is 13.8 Å². The van der Waals surface area contributed by atoms with E-state index in [2.05, 4.69) is 5.32 Å². The number of likely N-dealkylation sites (N-methyl/N-ethyl adjacent to an activating group) is 1. The van der Waals surface area contributed by atoms with E-state index < -0.39 is 0 Å². The molecule has 1 saturated heterocycles. The predicted octanol–water partition coefficient (Wildman–Crippen LogP) is 1.03. The number of aryl methyl sites for hydroxylation is 2. The molecule has 126 valence electrons. The molecule has 0 aromatic heterocycles. The van der Waals surface area contributed by atoms with Gasteiger partial charge in [0.1, 0.15) is 0 Å². The quantitative estimate of drug-likeness (QED) is 0.881. The van der Waals surface area contributed by atoms with E-state index in [4.69, 9.17) is 4.74 Å². The van der Waals surface area contributed by atoms with Crippen molar-refractivity contribution in [3.63, 3.8) is 0 Å². The molecule has 2 amide bonds. The Morgan fingerprint density at radius 2 is 1.91 bits per heavy atom. The first kappa shape index (κ1) is 17.4. The molecule has 1 aromatic carbocycles. The number of benzene rings is 1. The molecule has 6 heteroatoms. The summed E-state index contributed by atoms with van der Waals surface area (Å²) in [6.07, 6.45) is 0. The Labute approximate surface area is 137 Å². The highest BCUT2D eigenvalue weighted by Gasteiger charge is 2.19. The minimum Gasteiger partial charge on any atom is -0.378 e. The molecule has 1 heterocycles. The molecule has 0 radical (unpaired) electrons. The van der Waals surface area contributed by atoms with Crippen LogP contribution in [0.1, 0.15) is 11.1 Å². The molecule has 0 saturated carbocycles. The molecular formula is C17H25N3O3. The van der Waals surface area contributed by atoms with Crippen molar-refractivity contribution < 1.29 is 14.3 Å². The molecule has 1 fully saturated rings. The van der Waals surface area contributed by atoms with Crippen molar-refractivity contribution in [2.24, 2.45) is 0 Å². The summed E-state index contributed by atoms with van der Waals surface area (Å²) in [4.78, 5) is 27.8. The standard InChI is InChI=1S/C17H25N3O3/c1-13-4-5-15(14(2)10-13)18-16(21)11-19(3)12-17(22)20-6-8-23-9-7-20/h4-5,10H,6-9,11-12H2,1-3H3,(H,18,21). The fourth-order valence-corrected chi connectivity index (χ4v) is 2.59. The number of morpholine rings is 1. The Balaban J connectivity index is 1.81. The molecule has 1 aliphatic heterocycles. The van der Waals surface area contributed by atoms with Crippen molar-refractivity contribution >= 4 is 17.5 Å². The molecule has 0 unspecified atom stereocenters. The third-order valence-electron chi connectivity index (χ3n) is 3.84. The third-order valence-corrected chi connectivity index (χ3v) is 3.84. The van der Waals surface area contributed by atoms with Crippen molar-refractivity contribution in [1.82, 2.24) is 9.80 Å². The normalized spacial score (nSPS) is 14.9. The van der Waals surface area contributed by atoms with Crippen LogP contribution in [0.3, 0.4) is 0 Å². The average Bonchev–Trinajstić information content (AvgIpc) is 2.50. The predicted molar refractivity (Wildman–Crippen MR) is 89.4 cm³/mol. The highest BCUT2D eigenvalue weighted by molar-refractivity contribution is 5.93. The molecule has 0 bridgehead atoms. The molecule has 6 nitrogen and oxygen atoms in total. The molecule has 0 aliphatic carbocycles. The largest absolute Gasteiger partial charge is 0.378 e. The van der Waals surface area contributed by atoms with Crippen LogP contribution < -0.4 is 5.32 Å². The Morgan fingerprint density at radius 1 is 1.22 bits per heavy atom. The molecule has 0 atom stereocenters. The maximum Gasteiger partial charge on any atom is 0.238 e. The lowest BCUT2D eigenvalue weighted by molar-refractivity contribution is -0.136. The van der Waals surface area contributed by atoms with Gasteiger partial charge in [-0.05, 0) is 32.5 Å². The first-order chi connectivity index (χ1) is 11.0. The van der Waals surface area contributed by atoms with Crippen molar-refractivity contribution in [1.29, 1.82) is 0 Å². The highest BCUT2D eigenvalue weighted by Crippen LogP contribution is 2.15. The maximum atomic E-state index is 12.1. The second kappa shape index (κ2) is 8.08. The lowest BCUT2D eigenvalue weighted by Crippen LogP contribution is -2.46. The van der Waals surface area contributed by atoms with Crippen LogP contribution in [0.4, 0.5) is 5.69 Å². The monoisotopic (exact) mass is 319 g/mol. The summed E-state index contributed by atoms with van der Waals surface area (Å²) in [5.41, 5.74) is 3.01. The second-order valence-corrected chi connectivity index (χ2v) is 6.03. The van der Waals surface area contributed by atoms with Gasteiger partial charge in [0.15, 0.2) is 0 Å². The average molecular weight is 319 g/mol. The number of hydrogen-bond acceptors (Lipinski definition) is 4. The van der Waals surface area contributed by atoms with Crippen LogP contribution in [0.15, 0.2) is 18.2 Å². The van der Waals surface area contributed by atoms with Crippen molar-refractivity contribution in [3.8, 4) is 0 Å². The van der Waals surface area contributed by atoms with Crippen LogP contribution in [-0.2, 0) is 14.3 Å². The van der Waals surface area contributed by atoms with Gasteiger partial charge < -0.3 is 15.0 Å². The van der Waals surface area contributed by atoms with E-state index >= 15 is 0 Å². The van der Waals surface area contributed by atoms with Gasteiger partial charge in [0, 0.05) is 18.8 Å². The number of hydrogen-bond donors (Lipinski definition) is 1.